The van der Waals surface area contributed by atoms with Crippen LogP contribution < -0.4 is 5.32 Å². The van der Waals surface area contributed by atoms with E-state index in [1.54, 1.807) is 0 Å². The van der Waals surface area contributed by atoms with E-state index >= 15 is 0 Å². The molecule has 0 aromatic heterocycles. The summed E-state index contributed by atoms with van der Waals surface area (Å²) in [6.07, 6.45) is 2.50. The Kier molecular flexibility index (Phi) is 3.30. The third-order valence-electron chi connectivity index (χ3n) is 3.27. The number of aliphatic hydroxyl groups is 1. The van der Waals surface area contributed by atoms with E-state index in [4.69, 9.17) is 0 Å². The highest BCUT2D eigenvalue weighted by Gasteiger charge is 2.34. The largest absolute Gasteiger partial charge is 0.395 e. The molecule has 3 atom stereocenters. The number of nitrogens with one attached hydrogen (secondary N) is 1. The van der Waals surface area contributed by atoms with E-state index in [0.717, 1.165) is 12.8 Å². The molecular formula is C9H18N2O3S. The van der Waals surface area contributed by atoms with Gasteiger partial charge in [-0.05, 0) is 19.3 Å². The lowest BCUT2D eigenvalue weighted by atomic mass is 10.1. The smallest absolute Gasteiger partial charge is 0.214 e. The van der Waals surface area contributed by atoms with Crippen LogP contribution in [0.1, 0.15) is 19.3 Å². The van der Waals surface area contributed by atoms with Gasteiger partial charge in [0.05, 0.1) is 18.4 Å². The van der Waals surface area contributed by atoms with E-state index in [2.05, 4.69) is 5.32 Å². The van der Waals surface area contributed by atoms with Crippen molar-refractivity contribution < 1.29 is 13.5 Å². The average Bonchev–Trinajstić information content (AvgIpc) is 2.35. The Morgan fingerprint density at radius 2 is 2.20 bits per heavy atom. The molecule has 5 nitrogen and oxygen atoms in total. The Balaban J connectivity index is 2.27. The molecule has 15 heavy (non-hydrogen) atoms. The highest BCUT2D eigenvalue weighted by molar-refractivity contribution is 7.89. The van der Waals surface area contributed by atoms with Crippen LogP contribution in [-0.4, -0.2) is 55.4 Å². The van der Waals surface area contributed by atoms with Crippen LogP contribution >= 0.6 is 0 Å². The van der Waals surface area contributed by atoms with Gasteiger partial charge in [0.15, 0.2) is 0 Å². The van der Waals surface area contributed by atoms with Crippen molar-refractivity contribution >= 4 is 10.0 Å². The lowest BCUT2D eigenvalue weighted by molar-refractivity contribution is 0.193. The predicted molar refractivity (Wildman–Crippen MR) is 57.0 cm³/mol. The van der Waals surface area contributed by atoms with Gasteiger partial charge in [0.2, 0.25) is 10.0 Å². The molecule has 2 aliphatic rings. The first kappa shape index (κ1) is 11.3. The topological polar surface area (TPSA) is 69.6 Å². The molecule has 2 bridgehead atoms. The van der Waals surface area contributed by atoms with Gasteiger partial charge < -0.3 is 10.4 Å². The first-order valence-corrected chi connectivity index (χ1v) is 7.08. The van der Waals surface area contributed by atoms with Gasteiger partial charge >= 0.3 is 0 Å². The first-order valence-electron chi connectivity index (χ1n) is 5.47. The SMILES string of the molecule is O=S1(=O)CCCC2CCN1C(CO)CN2. The second-order valence-electron chi connectivity index (χ2n) is 4.30. The Bertz CT molecular complexity index is 317. The molecule has 2 rings (SSSR count). The van der Waals surface area contributed by atoms with Crippen molar-refractivity contribution in [3.63, 3.8) is 0 Å². The lowest BCUT2D eigenvalue weighted by Crippen LogP contribution is -2.46. The zero-order chi connectivity index (χ0) is 10.9. The number of hydrogen-bond donors (Lipinski definition) is 2. The molecule has 3 unspecified atom stereocenters. The van der Waals surface area contributed by atoms with Crippen molar-refractivity contribution in [1.29, 1.82) is 0 Å². The van der Waals surface area contributed by atoms with Crippen LogP contribution in [0.5, 0.6) is 0 Å². The van der Waals surface area contributed by atoms with Gasteiger partial charge in [0, 0.05) is 19.1 Å². The fourth-order valence-corrected chi connectivity index (χ4v) is 4.11. The Hall–Kier alpha value is -0.170. The zero-order valence-electron chi connectivity index (χ0n) is 8.72. The third kappa shape index (κ3) is 2.33. The molecule has 0 amide bonds. The molecule has 6 heteroatoms. The van der Waals surface area contributed by atoms with Crippen LogP contribution in [0, 0.1) is 0 Å². The Morgan fingerprint density at radius 1 is 1.40 bits per heavy atom. The molecule has 0 aromatic rings. The Labute approximate surface area is 90.5 Å². The summed E-state index contributed by atoms with van der Waals surface area (Å²) in [5, 5.41) is 12.5. The van der Waals surface area contributed by atoms with E-state index in [1.807, 2.05) is 0 Å². The van der Waals surface area contributed by atoms with Crippen molar-refractivity contribution in [3.05, 3.63) is 0 Å². The maximum atomic E-state index is 11.9. The van der Waals surface area contributed by atoms with Crippen molar-refractivity contribution in [2.45, 2.75) is 31.3 Å². The number of rotatable bonds is 1. The van der Waals surface area contributed by atoms with Crippen molar-refractivity contribution in [2.75, 3.05) is 25.4 Å². The first-order chi connectivity index (χ1) is 7.13. The van der Waals surface area contributed by atoms with Gasteiger partial charge in [-0.15, -0.1) is 0 Å². The predicted octanol–water partition coefficient (Wildman–Crippen LogP) is -0.865. The lowest BCUT2D eigenvalue weighted by Gasteiger charge is -2.27. The fourth-order valence-electron chi connectivity index (χ4n) is 2.37. The second kappa shape index (κ2) is 4.37. The van der Waals surface area contributed by atoms with Crippen LogP contribution in [0.25, 0.3) is 0 Å². The molecular weight excluding hydrogens is 216 g/mol. The third-order valence-corrected chi connectivity index (χ3v) is 5.27. The highest BCUT2D eigenvalue weighted by Crippen LogP contribution is 2.20. The minimum atomic E-state index is -3.15. The van der Waals surface area contributed by atoms with Crippen LogP contribution in [0.4, 0.5) is 0 Å². The number of hydrogen-bond acceptors (Lipinski definition) is 4. The summed E-state index contributed by atoms with van der Waals surface area (Å²) in [7, 11) is -3.15. The zero-order valence-corrected chi connectivity index (χ0v) is 9.54. The maximum Gasteiger partial charge on any atom is 0.214 e. The minimum Gasteiger partial charge on any atom is -0.395 e. The van der Waals surface area contributed by atoms with Gasteiger partial charge in [-0.2, -0.15) is 4.31 Å². The molecule has 0 saturated carbocycles. The number of aliphatic hydroxyl groups excluding tert-OH is 1. The monoisotopic (exact) mass is 234 g/mol. The Morgan fingerprint density at radius 3 is 2.93 bits per heavy atom. The van der Waals surface area contributed by atoms with Crippen LogP contribution in [-0.2, 0) is 10.0 Å². The molecule has 2 fully saturated rings. The van der Waals surface area contributed by atoms with E-state index < -0.39 is 10.0 Å². The summed E-state index contributed by atoms with van der Waals surface area (Å²) < 4.78 is 25.3. The molecule has 0 aliphatic carbocycles. The maximum absolute atomic E-state index is 11.9. The molecule has 2 N–H and O–H groups in total. The summed E-state index contributed by atoms with van der Waals surface area (Å²) in [6, 6.07) is 0.137. The van der Waals surface area contributed by atoms with E-state index in [1.165, 1.54) is 4.31 Å². The summed E-state index contributed by atoms with van der Waals surface area (Å²) >= 11 is 0. The molecule has 0 radical (unpaired) electrons. The van der Waals surface area contributed by atoms with Crippen LogP contribution in [0.3, 0.4) is 0 Å². The molecule has 0 aromatic carbocycles. The second-order valence-corrected chi connectivity index (χ2v) is 6.34. The molecule has 88 valence electrons. The number of nitrogens with zero attached hydrogens (tertiary/aromatic N) is 1. The van der Waals surface area contributed by atoms with E-state index in [9.17, 15) is 13.5 Å². The summed E-state index contributed by atoms with van der Waals surface area (Å²) in [5.41, 5.74) is 0. The van der Waals surface area contributed by atoms with E-state index in [0.29, 0.717) is 25.6 Å². The fraction of sp³-hybridized carbons (Fsp3) is 1.00. The molecule has 2 heterocycles. The van der Waals surface area contributed by atoms with Gasteiger partial charge in [0.1, 0.15) is 0 Å². The summed E-state index contributed by atoms with van der Waals surface area (Å²) in [6.45, 7) is 1.02. The van der Waals surface area contributed by atoms with Gasteiger partial charge in [-0.3, -0.25) is 0 Å². The molecule has 2 saturated heterocycles. The standard InChI is InChI=1S/C9H18N2O3S/c12-7-9-6-10-8-2-1-5-15(13,14)11(9)4-3-8/h8-10,12H,1-7H2. The summed E-state index contributed by atoms with van der Waals surface area (Å²) in [4.78, 5) is 0. The van der Waals surface area contributed by atoms with E-state index in [-0.39, 0.29) is 18.4 Å². The van der Waals surface area contributed by atoms with Crippen molar-refractivity contribution in [3.8, 4) is 0 Å². The van der Waals surface area contributed by atoms with Gasteiger partial charge in [0.25, 0.3) is 0 Å². The van der Waals surface area contributed by atoms with Crippen molar-refractivity contribution in [2.24, 2.45) is 0 Å². The average molecular weight is 234 g/mol. The number of sulfonamides is 1. The molecule has 2 aliphatic heterocycles. The number of fused-ring (bicyclic) bond motifs is 3. The van der Waals surface area contributed by atoms with Crippen LogP contribution in [0.2, 0.25) is 0 Å². The van der Waals surface area contributed by atoms with Gasteiger partial charge in [-0.1, -0.05) is 0 Å². The normalized spacial score (nSPS) is 40.5. The van der Waals surface area contributed by atoms with Crippen LogP contribution in [0.15, 0.2) is 0 Å². The highest BCUT2D eigenvalue weighted by atomic mass is 32.2. The quantitative estimate of drug-likeness (QED) is 0.619. The minimum absolute atomic E-state index is 0.0983. The van der Waals surface area contributed by atoms with Gasteiger partial charge in [-0.25, -0.2) is 8.42 Å². The summed E-state index contributed by atoms with van der Waals surface area (Å²) in [5.74, 6) is 0.224. The molecule has 0 spiro atoms. The van der Waals surface area contributed by atoms with Crippen molar-refractivity contribution in [1.82, 2.24) is 9.62 Å².